The van der Waals surface area contributed by atoms with Crippen LogP contribution < -0.4 is 10.6 Å². The molecule has 7 nitrogen and oxygen atoms in total. The number of anilines is 2. The zero-order valence-corrected chi connectivity index (χ0v) is 18.4. The van der Waals surface area contributed by atoms with E-state index >= 15 is 0 Å². The maximum atomic E-state index is 12.6. The molecule has 0 fully saturated rings. The van der Waals surface area contributed by atoms with Crippen LogP contribution >= 0.6 is 11.8 Å². The third kappa shape index (κ3) is 5.15. The molecule has 3 aromatic carbocycles. The molecule has 4 aromatic rings. The van der Waals surface area contributed by atoms with Crippen LogP contribution in [0.1, 0.15) is 12.7 Å². The number of hydrogen-bond donors (Lipinski definition) is 2. The lowest BCUT2D eigenvalue weighted by Gasteiger charge is -2.10. The molecule has 162 valence electrons. The Morgan fingerprint density at radius 3 is 2.44 bits per heavy atom. The lowest BCUT2D eigenvalue weighted by atomic mass is 10.1. The number of fused-ring (bicyclic) bond motifs is 1. The Balaban J connectivity index is 1.37. The Labute approximate surface area is 190 Å². The van der Waals surface area contributed by atoms with Crippen LogP contribution in [0, 0.1) is 0 Å². The first-order chi connectivity index (χ1) is 15.6. The largest absolute Gasteiger partial charge is 0.326 e. The smallest absolute Gasteiger partial charge is 0.234 e. The number of benzene rings is 3. The van der Waals surface area contributed by atoms with Crippen molar-refractivity contribution in [1.82, 2.24) is 14.8 Å². The Hall–Kier alpha value is -3.65. The summed E-state index contributed by atoms with van der Waals surface area (Å²) in [7, 11) is 0. The van der Waals surface area contributed by atoms with E-state index < -0.39 is 0 Å². The summed E-state index contributed by atoms with van der Waals surface area (Å²) in [5.74, 6) is 0.471. The fraction of sp³-hybridized carbons (Fsp3) is 0.167. The van der Waals surface area contributed by atoms with Gasteiger partial charge in [-0.15, -0.1) is 10.2 Å². The van der Waals surface area contributed by atoms with Crippen LogP contribution in [-0.4, -0.2) is 32.3 Å². The van der Waals surface area contributed by atoms with Crippen molar-refractivity contribution >= 4 is 45.7 Å². The molecule has 4 rings (SSSR count). The van der Waals surface area contributed by atoms with Crippen molar-refractivity contribution in [3.8, 4) is 0 Å². The quantitative estimate of drug-likeness (QED) is 0.393. The van der Waals surface area contributed by atoms with E-state index in [1.54, 1.807) is 0 Å². The van der Waals surface area contributed by atoms with Gasteiger partial charge in [0.15, 0.2) is 5.16 Å². The number of amides is 2. The number of carbonyl (C=O) groups excluding carboxylic acids is 2. The molecule has 0 aliphatic heterocycles. The first-order valence-corrected chi connectivity index (χ1v) is 11.3. The molecule has 0 bridgehead atoms. The molecule has 8 heteroatoms. The van der Waals surface area contributed by atoms with Gasteiger partial charge in [-0.05, 0) is 30.5 Å². The second kappa shape index (κ2) is 10.1. The molecular weight excluding hydrogens is 422 g/mol. The predicted octanol–water partition coefficient (Wildman–Crippen LogP) is 4.36. The highest BCUT2D eigenvalue weighted by Crippen LogP contribution is 2.24. The van der Waals surface area contributed by atoms with Crippen molar-refractivity contribution in [2.24, 2.45) is 0 Å². The number of carbonyl (C=O) groups is 2. The lowest BCUT2D eigenvalue weighted by molar-refractivity contribution is -0.116. The van der Waals surface area contributed by atoms with E-state index in [1.807, 2.05) is 84.3 Å². The minimum Gasteiger partial charge on any atom is -0.326 e. The minimum absolute atomic E-state index is 0.110. The summed E-state index contributed by atoms with van der Waals surface area (Å²) >= 11 is 1.30. The van der Waals surface area contributed by atoms with Crippen LogP contribution in [0.25, 0.3) is 10.8 Å². The van der Waals surface area contributed by atoms with Gasteiger partial charge in [0.25, 0.3) is 0 Å². The van der Waals surface area contributed by atoms with Gasteiger partial charge >= 0.3 is 0 Å². The maximum Gasteiger partial charge on any atom is 0.234 e. The summed E-state index contributed by atoms with van der Waals surface area (Å²) in [6.07, 6.45) is 0.110. The number of nitrogens with one attached hydrogen (secondary N) is 2. The highest BCUT2D eigenvalue weighted by Gasteiger charge is 2.16. The number of thioether (sulfide) groups is 1. The Morgan fingerprint density at radius 2 is 1.62 bits per heavy atom. The zero-order chi connectivity index (χ0) is 22.3. The van der Waals surface area contributed by atoms with Crippen LogP contribution in [0.15, 0.2) is 78.0 Å². The second-order valence-corrected chi connectivity index (χ2v) is 8.04. The summed E-state index contributed by atoms with van der Waals surface area (Å²) in [4.78, 5) is 24.9. The average Bonchev–Trinajstić information content (AvgIpc) is 3.19. The molecule has 2 N–H and O–H groups in total. The molecule has 1 aromatic heterocycles. The maximum absolute atomic E-state index is 12.6. The highest BCUT2D eigenvalue weighted by molar-refractivity contribution is 7.99. The topological polar surface area (TPSA) is 88.9 Å². The number of nitrogens with zero attached hydrogens (tertiary/aromatic N) is 3. The Kier molecular flexibility index (Phi) is 6.81. The lowest BCUT2D eigenvalue weighted by Crippen LogP contribution is -2.18. The summed E-state index contributed by atoms with van der Waals surface area (Å²) in [5, 5.41) is 16.9. The van der Waals surface area contributed by atoms with Crippen LogP contribution in [0.2, 0.25) is 0 Å². The van der Waals surface area contributed by atoms with E-state index in [0.717, 1.165) is 22.1 Å². The zero-order valence-electron chi connectivity index (χ0n) is 17.6. The molecule has 0 unspecified atom stereocenters. The van der Waals surface area contributed by atoms with Crippen LogP contribution in [0.5, 0.6) is 0 Å². The Bertz CT molecular complexity index is 1230. The summed E-state index contributed by atoms with van der Waals surface area (Å²) in [5.41, 5.74) is 1.52. The molecule has 0 aliphatic carbocycles. The summed E-state index contributed by atoms with van der Waals surface area (Å²) in [6, 6.07) is 23.0. The van der Waals surface area contributed by atoms with E-state index in [4.69, 9.17) is 0 Å². The van der Waals surface area contributed by atoms with Gasteiger partial charge in [0.05, 0.1) is 12.2 Å². The summed E-state index contributed by atoms with van der Waals surface area (Å²) in [6.45, 7) is 2.57. The highest BCUT2D eigenvalue weighted by atomic mass is 32.2. The van der Waals surface area contributed by atoms with Gasteiger partial charge < -0.3 is 15.2 Å². The van der Waals surface area contributed by atoms with Crippen molar-refractivity contribution in [3.05, 3.63) is 78.6 Å². The molecule has 0 atom stereocenters. The van der Waals surface area contributed by atoms with Crippen LogP contribution in [-0.2, 0) is 22.6 Å². The van der Waals surface area contributed by atoms with Crippen molar-refractivity contribution in [3.63, 3.8) is 0 Å². The Morgan fingerprint density at radius 1 is 0.875 bits per heavy atom. The van der Waals surface area contributed by atoms with Gasteiger partial charge in [0.1, 0.15) is 5.82 Å². The van der Waals surface area contributed by atoms with Gasteiger partial charge in [0, 0.05) is 23.3 Å². The molecule has 0 saturated carbocycles. The van der Waals surface area contributed by atoms with Crippen molar-refractivity contribution in [2.45, 2.75) is 25.0 Å². The molecule has 32 heavy (non-hydrogen) atoms. The van der Waals surface area contributed by atoms with Crippen molar-refractivity contribution in [2.75, 3.05) is 16.4 Å². The number of rotatable bonds is 8. The average molecular weight is 446 g/mol. The second-order valence-electron chi connectivity index (χ2n) is 7.10. The van der Waals surface area contributed by atoms with E-state index in [-0.39, 0.29) is 24.0 Å². The molecule has 0 radical (unpaired) electrons. The molecule has 0 spiro atoms. The van der Waals surface area contributed by atoms with E-state index in [2.05, 4.69) is 20.8 Å². The minimum atomic E-state index is -0.163. The SMILES string of the molecule is CCn1c(CC(=O)Nc2ccccc2)nnc1SCC(=O)Nc1cccc2ccccc12. The normalized spacial score (nSPS) is 10.8. The first-order valence-electron chi connectivity index (χ1n) is 10.3. The van der Waals surface area contributed by atoms with Gasteiger partial charge in [0.2, 0.25) is 11.8 Å². The van der Waals surface area contributed by atoms with Gasteiger partial charge in [-0.25, -0.2) is 0 Å². The number of para-hydroxylation sites is 1. The van der Waals surface area contributed by atoms with Crippen LogP contribution in [0.4, 0.5) is 11.4 Å². The molecule has 0 aliphatic rings. The molecular formula is C24H23N5O2S. The molecule has 2 amide bonds. The monoisotopic (exact) mass is 445 g/mol. The van der Waals surface area contributed by atoms with Gasteiger partial charge in [-0.3, -0.25) is 9.59 Å². The van der Waals surface area contributed by atoms with Crippen LogP contribution in [0.3, 0.4) is 0 Å². The van der Waals surface area contributed by atoms with Gasteiger partial charge in [-0.1, -0.05) is 66.4 Å². The third-order valence-corrected chi connectivity index (χ3v) is 5.85. The van der Waals surface area contributed by atoms with E-state index in [1.165, 1.54) is 11.8 Å². The fourth-order valence-electron chi connectivity index (χ4n) is 3.40. The fourth-order valence-corrected chi connectivity index (χ4v) is 4.22. The standard InChI is InChI=1S/C24H23N5O2S/c1-2-29-21(15-22(30)25-18-11-4-3-5-12-18)27-28-24(29)32-16-23(31)26-20-14-8-10-17-9-6-7-13-19(17)20/h3-14H,2,15-16H2,1H3,(H,25,30)(H,26,31). The van der Waals surface area contributed by atoms with Gasteiger partial charge in [-0.2, -0.15) is 0 Å². The third-order valence-electron chi connectivity index (χ3n) is 4.88. The van der Waals surface area contributed by atoms with Crippen molar-refractivity contribution < 1.29 is 9.59 Å². The predicted molar refractivity (Wildman–Crippen MR) is 128 cm³/mol. The van der Waals surface area contributed by atoms with E-state index in [0.29, 0.717) is 17.5 Å². The number of aromatic nitrogens is 3. The first kappa shape index (κ1) is 21.6. The number of hydrogen-bond acceptors (Lipinski definition) is 5. The molecule has 0 saturated heterocycles. The van der Waals surface area contributed by atoms with Crippen molar-refractivity contribution in [1.29, 1.82) is 0 Å². The van der Waals surface area contributed by atoms with E-state index in [9.17, 15) is 9.59 Å². The molecule has 1 heterocycles. The summed E-state index contributed by atoms with van der Waals surface area (Å²) < 4.78 is 1.86.